The van der Waals surface area contributed by atoms with Gasteiger partial charge in [0.2, 0.25) is 15.9 Å². The SMILES string of the molecule is CN(C)S(=O)(=O)C[C@H](NC(=O)O)C(=O)N[C@@H](CCCc1ccccc1)B1O[C@@H]2C[C@@H]3C[C@@H](C3(C)C)[C@]2(C)O1. The number of carbonyl (C=O) groups is 2. The minimum atomic E-state index is -3.85. The van der Waals surface area contributed by atoms with Crippen LogP contribution >= 0.6 is 0 Å². The maximum absolute atomic E-state index is 13.3. The monoisotopic (exact) mass is 549 g/mol. The van der Waals surface area contributed by atoms with E-state index in [2.05, 4.69) is 31.4 Å². The maximum Gasteiger partial charge on any atom is 0.481 e. The van der Waals surface area contributed by atoms with Crippen molar-refractivity contribution < 1.29 is 32.4 Å². The predicted molar refractivity (Wildman–Crippen MR) is 144 cm³/mol. The van der Waals surface area contributed by atoms with E-state index in [4.69, 9.17) is 9.31 Å². The van der Waals surface area contributed by atoms with Crippen LogP contribution < -0.4 is 10.6 Å². The van der Waals surface area contributed by atoms with Gasteiger partial charge in [0.25, 0.3) is 0 Å². The van der Waals surface area contributed by atoms with Crippen molar-refractivity contribution in [2.75, 3.05) is 19.8 Å². The Balaban J connectivity index is 1.51. The number of benzene rings is 1. The van der Waals surface area contributed by atoms with Gasteiger partial charge in [-0.2, -0.15) is 0 Å². The fourth-order valence-corrected chi connectivity index (χ4v) is 7.45. The predicted octanol–water partition coefficient (Wildman–Crippen LogP) is 2.29. The second kappa shape index (κ2) is 10.8. The number of rotatable bonds is 11. The highest BCUT2D eigenvalue weighted by Gasteiger charge is 2.68. The van der Waals surface area contributed by atoms with Gasteiger partial charge >= 0.3 is 13.2 Å². The van der Waals surface area contributed by atoms with Crippen LogP contribution in [0.25, 0.3) is 0 Å². The number of carbonyl (C=O) groups excluding carboxylic acids is 1. The number of hydrogen-bond donors (Lipinski definition) is 3. The fourth-order valence-electron chi connectivity index (χ4n) is 6.49. The van der Waals surface area contributed by atoms with E-state index in [0.29, 0.717) is 18.3 Å². The molecule has 0 unspecified atom stereocenters. The van der Waals surface area contributed by atoms with Crippen molar-refractivity contribution in [3.8, 4) is 0 Å². The summed E-state index contributed by atoms with van der Waals surface area (Å²) in [7, 11) is -1.89. The van der Waals surface area contributed by atoms with Crippen LogP contribution in [0.1, 0.15) is 52.0 Å². The molecule has 3 saturated carbocycles. The van der Waals surface area contributed by atoms with E-state index in [1.165, 1.54) is 14.1 Å². The Morgan fingerprint density at radius 2 is 1.84 bits per heavy atom. The first-order valence-electron chi connectivity index (χ1n) is 13.3. The smallest absolute Gasteiger partial charge is 0.465 e. The summed E-state index contributed by atoms with van der Waals surface area (Å²) in [6.45, 7) is 6.65. The average molecular weight is 549 g/mol. The second-order valence-electron chi connectivity index (χ2n) is 11.9. The summed E-state index contributed by atoms with van der Waals surface area (Å²) >= 11 is 0. The Morgan fingerprint density at radius 1 is 1.16 bits per heavy atom. The Labute approximate surface area is 226 Å². The molecule has 3 aliphatic carbocycles. The summed E-state index contributed by atoms with van der Waals surface area (Å²) in [6.07, 6.45) is 2.45. The number of nitrogens with zero attached hydrogens (tertiary/aromatic N) is 1. The second-order valence-corrected chi connectivity index (χ2v) is 14.1. The van der Waals surface area contributed by atoms with Gasteiger partial charge in [0.05, 0.1) is 23.4 Å². The number of amides is 2. The zero-order valence-corrected chi connectivity index (χ0v) is 23.7. The molecule has 2 bridgehead atoms. The standard InChI is InChI=1S/C26H40BN3O7S/c1-25(2)18-14-20(25)26(3)21(15-18)36-27(37-26)22(13-9-12-17-10-7-6-8-11-17)29-23(31)19(28-24(32)33)16-38(34,35)30(4)5/h6-8,10-11,18-22,28H,9,12-16H2,1-5H3,(H,29,31)(H,32,33)/t18-,19-,20-,21+,22-,26-/m0/s1. The van der Waals surface area contributed by atoms with Crippen LogP contribution in [0.5, 0.6) is 0 Å². The Hall–Kier alpha value is -2.15. The molecule has 1 aromatic carbocycles. The Kier molecular flexibility index (Phi) is 8.19. The Morgan fingerprint density at radius 3 is 2.45 bits per heavy atom. The highest BCUT2D eigenvalue weighted by Crippen LogP contribution is 2.65. The van der Waals surface area contributed by atoms with Crippen molar-refractivity contribution >= 4 is 29.1 Å². The third kappa shape index (κ3) is 5.73. The molecule has 10 nitrogen and oxygen atoms in total. The molecule has 2 amide bonds. The quantitative estimate of drug-likeness (QED) is 0.361. The van der Waals surface area contributed by atoms with Crippen molar-refractivity contribution in [1.82, 2.24) is 14.9 Å². The molecule has 0 radical (unpaired) electrons. The highest BCUT2D eigenvalue weighted by molar-refractivity contribution is 7.89. The minimum Gasteiger partial charge on any atom is -0.465 e. The number of hydrogen-bond acceptors (Lipinski definition) is 6. The molecule has 0 spiro atoms. The lowest BCUT2D eigenvalue weighted by Crippen LogP contribution is -2.65. The Bertz CT molecular complexity index is 1130. The number of nitrogens with one attached hydrogen (secondary N) is 2. The molecule has 38 heavy (non-hydrogen) atoms. The average Bonchev–Trinajstić information content (AvgIpc) is 3.20. The van der Waals surface area contributed by atoms with Crippen molar-refractivity contribution in [3.63, 3.8) is 0 Å². The van der Waals surface area contributed by atoms with Crippen LogP contribution in [0.4, 0.5) is 4.79 Å². The summed E-state index contributed by atoms with van der Waals surface area (Å²) in [6, 6.07) is 8.51. The molecule has 5 rings (SSSR count). The molecule has 12 heteroatoms. The molecule has 0 aromatic heterocycles. The van der Waals surface area contributed by atoms with Crippen molar-refractivity contribution in [2.45, 2.75) is 76.6 Å². The topological polar surface area (TPSA) is 134 Å². The largest absolute Gasteiger partial charge is 0.481 e. The molecule has 1 aromatic rings. The number of aryl methyl sites for hydroxylation is 1. The van der Waals surface area contributed by atoms with Crippen LogP contribution in [-0.2, 0) is 30.5 Å². The van der Waals surface area contributed by atoms with Gasteiger partial charge in [-0.15, -0.1) is 0 Å². The summed E-state index contributed by atoms with van der Waals surface area (Å²) in [4.78, 5) is 24.7. The molecule has 6 atom stereocenters. The highest BCUT2D eigenvalue weighted by atomic mass is 32.2. The van der Waals surface area contributed by atoms with E-state index >= 15 is 0 Å². The van der Waals surface area contributed by atoms with Crippen LogP contribution in [-0.4, -0.2) is 80.5 Å². The van der Waals surface area contributed by atoms with Crippen LogP contribution in [0.15, 0.2) is 30.3 Å². The van der Waals surface area contributed by atoms with Gasteiger partial charge in [0.15, 0.2) is 0 Å². The van der Waals surface area contributed by atoms with Gasteiger partial charge in [0, 0.05) is 14.1 Å². The molecule has 1 saturated heterocycles. The summed E-state index contributed by atoms with van der Waals surface area (Å²) < 4.78 is 39.0. The third-order valence-electron chi connectivity index (χ3n) is 9.00. The molecular weight excluding hydrogens is 509 g/mol. The summed E-state index contributed by atoms with van der Waals surface area (Å²) in [5.74, 6) is -1.08. The van der Waals surface area contributed by atoms with Gasteiger partial charge in [-0.25, -0.2) is 17.5 Å². The maximum atomic E-state index is 13.3. The van der Waals surface area contributed by atoms with Crippen molar-refractivity contribution in [3.05, 3.63) is 35.9 Å². The number of sulfonamides is 1. The van der Waals surface area contributed by atoms with E-state index in [1.807, 2.05) is 30.3 Å². The van der Waals surface area contributed by atoms with Gasteiger partial charge in [-0.3, -0.25) is 4.79 Å². The third-order valence-corrected chi connectivity index (χ3v) is 10.9. The molecule has 4 fully saturated rings. The van der Waals surface area contributed by atoms with Crippen molar-refractivity contribution in [2.24, 2.45) is 17.3 Å². The van der Waals surface area contributed by atoms with Crippen LogP contribution in [0.3, 0.4) is 0 Å². The zero-order chi connectivity index (χ0) is 27.9. The van der Waals surface area contributed by atoms with E-state index in [1.54, 1.807) is 0 Å². The first-order valence-corrected chi connectivity index (χ1v) is 14.9. The summed E-state index contributed by atoms with van der Waals surface area (Å²) in [5, 5.41) is 14.2. The van der Waals surface area contributed by atoms with Gasteiger partial charge in [-0.1, -0.05) is 44.2 Å². The fraction of sp³-hybridized carbons (Fsp3) is 0.692. The first kappa shape index (κ1) is 28.9. The van der Waals surface area contributed by atoms with E-state index < -0.39 is 52.5 Å². The zero-order valence-electron chi connectivity index (χ0n) is 22.8. The van der Waals surface area contributed by atoms with E-state index in [9.17, 15) is 23.1 Å². The van der Waals surface area contributed by atoms with Gasteiger partial charge in [-0.05, 0) is 61.8 Å². The molecule has 4 aliphatic rings. The van der Waals surface area contributed by atoms with Crippen molar-refractivity contribution in [1.29, 1.82) is 0 Å². The normalized spacial score (nSPS) is 29.2. The molecule has 1 heterocycles. The lowest BCUT2D eigenvalue weighted by Gasteiger charge is -2.64. The van der Waals surface area contributed by atoms with E-state index in [0.717, 1.165) is 35.6 Å². The lowest BCUT2D eigenvalue weighted by atomic mass is 9.43. The summed E-state index contributed by atoms with van der Waals surface area (Å²) in [5.41, 5.74) is 0.849. The molecule has 3 N–H and O–H groups in total. The first-order chi connectivity index (χ1) is 17.7. The van der Waals surface area contributed by atoms with Crippen LogP contribution in [0, 0.1) is 17.3 Å². The van der Waals surface area contributed by atoms with E-state index in [-0.39, 0.29) is 11.5 Å². The lowest BCUT2D eigenvalue weighted by molar-refractivity contribution is -0.199. The molecular formula is C26H40BN3O7S. The molecule has 210 valence electrons. The van der Waals surface area contributed by atoms with Gasteiger partial charge in [0.1, 0.15) is 6.04 Å². The molecule has 1 aliphatic heterocycles. The number of carboxylic acid groups (broad SMARTS) is 1. The van der Waals surface area contributed by atoms with Crippen LogP contribution in [0.2, 0.25) is 0 Å². The van der Waals surface area contributed by atoms with Gasteiger partial charge < -0.3 is 25.0 Å². The minimum absolute atomic E-state index is 0.0835.